The van der Waals surface area contributed by atoms with Gasteiger partial charge >= 0.3 is 5.97 Å². The van der Waals surface area contributed by atoms with Crippen molar-refractivity contribution in [1.82, 2.24) is 9.78 Å². The highest BCUT2D eigenvalue weighted by Crippen LogP contribution is 2.36. The fraction of sp³-hybridized carbons (Fsp3) is 0.667. The predicted octanol–water partition coefficient (Wildman–Crippen LogP) is 1.16. The van der Waals surface area contributed by atoms with E-state index in [0.717, 1.165) is 31.5 Å². The molecule has 0 aromatic carbocycles. The highest BCUT2D eigenvalue weighted by atomic mass is 16.4. The van der Waals surface area contributed by atoms with Crippen LogP contribution in [-0.4, -0.2) is 26.4 Å². The lowest BCUT2D eigenvalue weighted by molar-refractivity contribution is -0.144. The first-order chi connectivity index (χ1) is 8.04. The molecule has 2 unspecified atom stereocenters. The van der Waals surface area contributed by atoms with Gasteiger partial charge in [-0.15, -0.1) is 0 Å². The largest absolute Gasteiger partial charge is 0.480 e. The van der Waals surface area contributed by atoms with Crippen LogP contribution in [-0.2, 0) is 11.3 Å². The molecule has 1 fully saturated rings. The van der Waals surface area contributed by atoms with Crippen molar-refractivity contribution in [1.29, 1.82) is 0 Å². The van der Waals surface area contributed by atoms with Crippen molar-refractivity contribution in [3.8, 4) is 0 Å². The molecule has 0 bridgehead atoms. The minimum atomic E-state index is -1.03. The highest BCUT2D eigenvalue weighted by Gasteiger charge is 2.45. The zero-order valence-corrected chi connectivity index (χ0v) is 10.1. The Morgan fingerprint density at radius 2 is 2.53 bits per heavy atom. The zero-order chi connectivity index (χ0) is 12.5. The molecule has 5 heteroatoms. The monoisotopic (exact) mass is 237 g/mol. The maximum atomic E-state index is 11.2. The Morgan fingerprint density at radius 3 is 3.12 bits per heavy atom. The van der Waals surface area contributed by atoms with E-state index in [1.54, 1.807) is 6.20 Å². The predicted molar refractivity (Wildman–Crippen MR) is 63.5 cm³/mol. The van der Waals surface area contributed by atoms with E-state index in [2.05, 4.69) is 5.10 Å². The molecule has 1 aromatic heterocycles. The lowest BCUT2D eigenvalue weighted by Gasteiger charge is -2.26. The number of nitrogens with two attached hydrogens (primary N) is 1. The fourth-order valence-electron chi connectivity index (χ4n) is 2.70. The Hall–Kier alpha value is -1.36. The van der Waals surface area contributed by atoms with E-state index in [1.165, 1.54) is 0 Å². The first-order valence-corrected chi connectivity index (χ1v) is 6.05. The molecule has 2 atom stereocenters. The summed E-state index contributed by atoms with van der Waals surface area (Å²) < 4.78 is 1.90. The molecule has 0 amide bonds. The highest BCUT2D eigenvalue weighted by molar-refractivity contribution is 5.79. The van der Waals surface area contributed by atoms with Crippen molar-refractivity contribution in [3.05, 3.63) is 18.0 Å². The molecule has 1 aliphatic carbocycles. The summed E-state index contributed by atoms with van der Waals surface area (Å²) in [6.45, 7) is 2.74. The molecule has 0 saturated heterocycles. The SMILES string of the molecule is Cc1ccnn1CCC1CCCC1(N)C(=O)O. The summed E-state index contributed by atoms with van der Waals surface area (Å²) >= 11 is 0. The number of aliphatic carboxylic acids is 1. The fourth-order valence-corrected chi connectivity index (χ4v) is 2.70. The molecule has 94 valence electrons. The molecule has 0 aliphatic heterocycles. The smallest absolute Gasteiger partial charge is 0.323 e. The van der Waals surface area contributed by atoms with E-state index in [-0.39, 0.29) is 5.92 Å². The normalized spacial score (nSPS) is 28.5. The third kappa shape index (κ3) is 2.20. The summed E-state index contributed by atoms with van der Waals surface area (Å²) in [5.41, 5.74) is 6.07. The van der Waals surface area contributed by atoms with E-state index in [0.29, 0.717) is 6.42 Å². The molecule has 17 heavy (non-hydrogen) atoms. The minimum absolute atomic E-state index is 0.0589. The number of carboxylic acids is 1. The van der Waals surface area contributed by atoms with Crippen molar-refractivity contribution < 1.29 is 9.90 Å². The number of hydrogen-bond acceptors (Lipinski definition) is 3. The van der Waals surface area contributed by atoms with Crippen LogP contribution in [0.1, 0.15) is 31.4 Å². The average Bonchev–Trinajstić information content (AvgIpc) is 2.83. The van der Waals surface area contributed by atoms with Crippen LogP contribution in [0.15, 0.2) is 12.3 Å². The summed E-state index contributed by atoms with van der Waals surface area (Å²) in [6, 6.07) is 1.95. The van der Waals surface area contributed by atoms with Crippen LogP contribution in [0.4, 0.5) is 0 Å². The van der Waals surface area contributed by atoms with Crippen molar-refractivity contribution in [2.24, 2.45) is 11.7 Å². The number of rotatable bonds is 4. The van der Waals surface area contributed by atoms with Gasteiger partial charge in [-0.1, -0.05) is 6.42 Å². The lowest BCUT2D eigenvalue weighted by atomic mass is 9.86. The van der Waals surface area contributed by atoms with Crippen LogP contribution in [0, 0.1) is 12.8 Å². The Balaban J connectivity index is 2.00. The molecular weight excluding hydrogens is 218 g/mol. The van der Waals surface area contributed by atoms with Crippen molar-refractivity contribution in [2.45, 2.75) is 44.7 Å². The zero-order valence-electron chi connectivity index (χ0n) is 10.1. The van der Waals surface area contributed by atoms with Gasteiger partial charge in [0.15, 0.2) is 0 Å². The van der Waals surface area contributed by atoms with E-state index in [4.69, 9.17) is 5.73 Å². The Morgan fingerprint density at radius 1 is 1.76 bits per heavy atom. The van der Waals surface area contributed by atoms with E-state index in [1.807, 2.05) is 17.7 Å². The first kappa shape index (κ1) is 12.1. The van der Waals surface area contributed by atoms with Gasteiger partial charge in [0, 0.05) is 18.4 Å². The summed E-state index contributed by atoms with van der Waals surface area (Å²) in [4.78, 5) is 11.2. The van der Waals surface area contributed by atoms with Gasteiger partial charge in [0.1, 0.15) is 5.54 Å². The van der Waals surface area contributed by atoms with Crippen molar-refractivity contribution >= 4 is 5.97 Å². The molecule has 1 saturated carbocycles. The van der Waals surface area contributed by atoms with Crippen LogP contribution < -0.4 is 5.73 Å². The molecule has 1 heterocycles. The van der Waals surface area contributed by atoms with Crippen molar-refractivity contribution in [3.63, 3.8) is 0 Å². The molecule has 2 rings (SSSR count). The maximum Gasteiger partial charge on any atom is 0.323 e. The van der Waals surface area contributed by atoms with Crippen LogP contribution in [0.2, 0.25) is 0 Å². The second-order valence-corrected chi connectivity index (χ2v) is 4.92. The third-order valence-electron chi connectivity index (χ3n) is 3.89. The summed E-state index contributed by atoms with van der Waals surface area (Å²) in [5, 5.41) is 13.4. The summed E-state index contributed by atoms with van der Waals surface area (Å²) in [6.07, 6.45) is 4.95. The van der Waals surface area contributed by atoms with Gasteiger partial charge in [0.2, 0.25) is 0 Å². The van der Waals surface area contributed by atoms with Gasteiger partial charge in [-0.25, -0.2) is 0 Å². The van der Waals surface area contributed by atoms with Crippen LogP contribution in [0.25, 0.3) is 0 Å². The second-order valence-electron chi connectivity index (χ2n) is 4.92. The van der Waals surface area contributed by atoms with E-state index >= 15 is 0 Å². The minimum Gasteiger partial charge on any atom is -0.480 e. The first-order valence-electron chi connectivity index (χ1n) is 6.05. The van der Waals surface area contributed by atoms with Crippen LogP contribution >= 0.6 is 0 Å². The lowest BCUT2D eigenvalue weighted by Crippen LogP contribution is -2.51. The molecule has 3 N–H and O–H groups in total. The van der Waals surface area contributed by atoms with Crippen LogP contribution in [0.3, 0.4) is 0 Å². The quantitative estimate of drug-likeness (QED) is 0.823. The van der Waals surface area contributed by atoms with Crippen LogP contribution in [0.5, 0.6) is 0 Å². The van der Waals surface area contributed by atoms with Gasteiger partial charge in [-0.2, -0.15) is 5.10 Å². The number of hydrogen-bond donors (Lipinski definition) is 2. The molecule has 5 nitrogen and oxygen atoms in total. The van der Waals surface area contributed by atoms with E-state index in [9.17, 15) is 9.90 Å². The topological polar surface area (TPSA) is 81.1 Å². The summed E-state index contributed by atoms with van der Waals surface area (Å²) in [5.74, 6) is -0.805. The van der Waals surface area contributed by atoms with Gasteiger partial charge in [0.25, 0.3) is 0 Å². The Bertz CT molecular complexity index is 416. The van der Waals surface area contributed by atoms with E-state index < -0.39 is 11.5 Å². The number of aryl methyl sites for hydroxylation is 2. The average molecular weight is 237 g/mol. The molecule has 0 radical (unpaired) electrons. The molecule has 1 aliphatic rings. The standard InChI is InChI=1S/C12H19N3O2/c1-9-4-7-14-15(9)8-5-10-3-2-6-12(10,13)11(16)17/h4,7,10H,2-3,5-6,8,13H2,1H3,(H,16,17). The molecular formula is C12H19N3O2. The number of nitrogens with zero attached hydrogens (tertiary/aromatic N) is 2. The Kier molecular flexibility index (Phi) is 3.19. The van der Waals surface area contributed by atoms with Gasteiger partial charge in [-0.05, 0) is 38.2 Å². The van der Waals surface area contributed by atoms with Gasteiger partial charge in [-0.3, -0.25) is 9.48 Å². The Labute approximate surface area is 101 Å². The molecule has 0 spiro atoms. The number of carbonyl (C=O) groups is 1. The van der Waals surface area contributed by atoms with Gasteiger partial charge in [0.05, 0.1) is 0 Å². The molecule has 1 aromatic rings. The number of carboxylic acid groups (broad SMARTS) is 1. The van der Waals surface area contributed by atoms with Gasteiger partial charge < -0.3 is 10.8 Å². The number of aromatic nitrogens is 2. The maximum absolute atomic E-state index is 11.2. The summed E-state index contributed by atoms with van der Waals surface area (Å²) in [7, 11) is 0. The van der Waals surface area contributed by atoms with Crippen molar-refractivity contribution in [2.75, 3.05) is 0 Å². The second kappa shape index (κ2) is 4.49. The third-order valence-corrected chi connectivity index (χ3v) is 3.89.